The highest BCUT2D eigenvalue weighted by molar-refractivity contribution is 5.87. The molecule has 1 rings (SSSR count). The first-order valence-corrected chi connectivity index (χ1v) is 2.72. The fourth-order valence-electron chi connectivity index (χ4n) is 0.639. The standard InChI is InChI=1S/C7H6O3.Mg.2H/c8-6-3-1-2-5(4-6)7(9)10;;;/h1-4,8H,(H,9,10);;;. The number of rotatable bonds is 1. The van der Waals surface area contributed by atoms with E-state index in [0.29, 0.717) is 0 Å². The topological polar surface area (TPSA) is 57.5 Å². The first-order chi connectivity index (χ1) is 4.70. The third kappa shape index (κ3) is 2.77. The molecule has 3 nitrogen and oxygen atoms in total. The summed E-state index contributed by atoms with van der Waals surface area (Å²) in [7, 11) is 0. The maximum atomic E-state index is 10.2. The van der Waals surface area contributed by atoms with Crippen LogP contribution < -0.4 is 0 Å². The van der Waals surface area contributed by atoms with E-state index in [-0.39, 0.29) is 34.4 Å². The van der Waals surface area contributed by atoms with Crippen LogP contribution in [0.15, 0.2) is 24.3 Å². The average molecular weight is 164 g/mol. The number of phenolic OH excluding ortho intramolecular Hbond substituents is 1. The Labute approximate surface area is 79.8 Å². The molecule has 0 atom stereocenters. The zero-order valence-corrected chi connectivity index (χ0v) is 5.11. The lowest BCUT2D eigenvalue weighted by Crippen LogP contribution is -1.94. The predicted octanol–water partition coefficient (Wildman–Crippen LogP) is 0.174. The van der Waals surface area contributed by atoms with Crippen LogP contribution in [0.3, 0.4) is 0 Å². The summed E-state index contributed by atoms with van der Waals surface area (Å²) in [6.45, 7) is 0. The van der Waals surface area contributed by atoms with Crippen molar-refractivity contribution in [3.05, 3.63) is 29.8 Å². The second kappa shape index (κ2) is 4.20. The number of benzene rings is 1. The average Bonchev–Trinajstić information content (AvgIpc) is 1.88. The molecule has 0 saturated heterocycles. The molecule has 0 aliphatic carbocycles. The molecule has 0 aromatic heterocycles. The fraction of sp³-hybridized carbons (Fsp3) is 0. The van der Waals surface area contributed by atoms with E-state index in [2.05, 4.69) is 0 Å². The van der Waals surface area contributed by atoms with Crippen LogP contribution in [0.1, 0.15) is 10.4 Å². The van der Waals surface area contributed by atoms with E-state index in [1.54, 1.807) is 0 Å². The highest BCUT2D eigenvalue weighted by Crippen LogP contribution is 2.09. The van der Waals surface area contributed by atoms with Crippen molar-refractivity contribution in [3.63, 3.8) is 0 Å². The van der Waals surface area contributed by atoms with Gasteiger partial charge in [-0.15, -0.1) is 0 Å². The van der Waals surface area contributed by atoms with Crippen molar-refractivity contribution < 1.29 is 15.0 Å². The second-order valence-corrected chi connectivity index (χ2v) is 1.86. The van der Waals surface area contributed by atoms with Gasteiger partial charge in [0, 0.05) is 0 Å². The van der Waals surface area contributed by atoms with Crippen LogP contribution in [0.25, 0.3) is 0 Å². The van der Waals surface area contributed by atoms with Gasteiger partial charge in [-0.2, -0.15) is 0 Å². The Bertz CT molecular complexity index is 260. The number of phenols is 1. The molecule has 11 heavy (non-hydrogen) atoms. The highest BCUT2D eigenvalue weighted by Gasteiger charge is 2.00. The van der Waals surface area contributed by atoms with Gasteiger partial charge in [-0.1, -0.05) is 6.07 Å². The summed E-state index contributed by atoms with van der Waals surface area (Å²) < 4.78 is 0. The van der Waals surface area contributed by atoms with E-state index < -0.39 is 5.97 Å². The van der Waals surface area contributed by atoms with E-state index in [4.69, 9.17) is 10.2 Å². The smallest absolute Gasteiger partial charge is 0.335 e. The molecule has 0 bridgehead atoms. The van der Waals surface area contributed by atoms with Crippen molar-refractivity contribution in [2.45, 2.75) is 0 Å². The van der Waals surface area contributed by atoms with Crippen molar-refractivity contribution >= 4 is 29.0 Å². The van der Waals surface area contributed by atoms with Gasteiger partial charge in [0.15, 0.2) is 0 Å². The fourth-order valence-corrected chi connectivity index (χ4v) is 0.639. The summed E-state index contributed by atoms with van der Waals surface area (Å²) >= 11 is 0. The number of aromatic carboxylic acids is 1. The Morgan fingerprint density at radius 2 is 2.00 bits per heavy atom. The maximum Gasteiger partial charge on any atom is 0.335 e. The normalized spacial score (nSPS) is 8.36. The van der Waals surface area contributed by atoms with Gasteiger partial charge in [0.2, 0.25) is 0 Å². The lowest BCUT2D eigenvalue weighted by molar-refractivity contribution is 0.0696. The Balaban J connectivity index is 0.000001000. The Hall–Kier alpha value is -0.744. The molecule has 0 radical (unpaired) electrons. The minimum atomic E-state index is -1.03. The molecule has 1 aromatic rings. The van der Waals surface area contributed by atoms with Gasteiger partial charge >= 0.3 is 29.0 Å². The molecule has 0 amide bonds. The summed E-state index contributed by atoms with van der Waals surface area (Å²) in [6.07, 6.45) is 0. The summed E-state index contributed by atoms with van der Waals surface area (Å²) in [4.78, 5) is 10.2. The molecule has 0 aliphatic heterocycles. The molecule has 0 fully saturated rings. The van der Waals surface area contributed by atoms with Crippen LogP contribution in [0.4, 0.5) is 0 Å². The molecule has 56 valence electrons. The van der Waals surface area contributed by atoms with Gasteiger partial charge in [-0.05, 0) is 18.2 Å². The molecular formula is C7H8MgO3. The summed E-state index contributed by atoms with van der Waals surface area (Å²) in [5, 5.41) is 17.2. The van der Waals surface area contributed by atoms with Gasteiger partial charge in [-0.3, -0.25) is 0 Å². The molecule has 0 saturated carbocycles. The molecule has 0 spiro atoms. The Morgan fingerprint density at radius 3 is 2.36 bits per heavy atom. The Kier molecular flexibility index (Phi) is 3.92. The lowest BCUT2D eigenvalue weighted by Gasteiger charge is -1.92. The summed E-state index contributed by atoms with van der Waals surface area (Å²) in [6, 6.07) is 5.52. The van der Waals surface area contributed by atoms with E-state index in [0.717, 1.165) is 0 Å². The largest absolute Gasteiger partial charge is 0.508 e. The number of aromatic hydroxyl groups is 1. The molecule has 0 unspecified atom stereocenters. The van der Waals surface area contributed by atoms with Crippen LogP contribution in [0, 0.1) is 0 Å². The van der Waals surface area contributed by atoms with Gasteiger partial charge in [0.25, 0.3) is 0 Å². The Morgan fingerprint density at radius 1 is 1.36 bits per heavy atom. The minimum absolute atomic E-state index is 0. The first-order valence-electron chi connectivity index (χ1n) is 2.72. The van der Waals surface area contributed by atoms with Crippen LogP contribution in [0.2, 0.25) is 0 Å². The van der Waals surface area contributed by atoms with Crippen LogP contribution in [-0.2, 0) is 0 Å². The van der Waals surface area contributed by atoms with E-state index >= 15 is 0 Å². The molecule has 2 N–H and O–H groups in total. The summed E-state index contributed by atoms with van der Waals surface area (Å²) in [5.74, 6) is -1.06. The predicted molar refractivity (Wildman–Crippen MR) is 43.6 cm³/mol. The van der Waals surface area contributed by atoms with Crippen molar-refractivity contribution in [3.8, 4) is 5.75 Å². The minimum Gasteiger partial charge on any atom is -0.508 e. The first kappa shape index (κ1) is 10.3. The van der Waals surface area contributed by atoms with Crippen LogP contribution in [-0.4, -0.2) is 39.2 Å². The molecule has 4 heteroatoms. The SMILES string of the molecule is O=C(O)c1cccc(O)c1.[MgH2]. The molecular weight excluding hydrogens is 156 g/mol. The van der Waals surface area contributed by atoms with Gasteiger partial charge in [-0.25, -0.2) is 4.79 Å². The van der Waals surface area contributed by atoms with Crippen molar-refractivity contribution in [2.24, 2.45) is 0 Å². The van der Waals surface area contributed by atoms with Gasteiger partial charge in [0.05, 0.1) is 5.56 Å². The third-order valence-electron chi connectivity index (χ3n) is 1.09. The number of hydrogen-bond acceptors (Lipinski definition) is 2. The number of carboxylic acids is 1. The lowest BCUT2D eigenvalue weighted by atomic mass is 10.2. The second-order valence-electron chi connectivity index (χ2n) is 1.86. The zero-order chi connectivity index (χ0) is 7.56. The third-order valence-corrected chi connectivity index (χ3v) is 1.09. The number of carbonyl (C=O) groups is 1. The van der Waals surface area contributed by atoms with Crippen molar-refractivity contribution in [2.75, 3.05) is 0 Å². The summed E-state index contributed by atoms with van der Waals surface area (Å²) in [5.41, 5.74) is 0.0972. The van der Waals surface area contributed by atoms with Gasteiger partial charge in [0.1, 0.15) is 5.75 Å². The van der Waals surface area contributed by atoms with E-state index in [1.807, 2.05) is 0 Å². The maximum absolute atomic E-state index is 10.2. The number of carboxylic acid groups (broad SMARTS) is 1. The molecule has 0 heterocycles. The van der Waals surface area contributed by atoms with E-state index in [9.17, 15) is 4.79 Å². The molecule has 0 aliphatic rings. The number of hydrogen-bond donors (Lipinski definition) is 2. The van der Waals surface area contributed by atoms with Gasteiger partial charge < -0.3 is 10.2 Å². The zero-order valence-electron chi connectivity index (χ0n) is 5.11. The monoisotopic (exact) mass is 164 g/mol. The van der Waals surface area contributed by atoms with E-state index in [1.165, 1.54) is 24.3 Å². The quantitative estimate of drug-likeness (QED) is 0.582. The highest BCUT2D eigenvalue weighted by atomic mass is 24.3. The van der Waals surface area contributed by atoms with Crippen LogP contribution in [0.5, 0.6) is 5.75 Å². The van der Waals surface area contributed by atoms with Crippen LogP contribution >= 0.6 is 0 Å². The van der Waals surface area contributed by atoms with Crippen molar-refractivity contribution in [1.82, 2.24) is 0 Å². The van der Waals surface area contributed by atoms with Crippen molar-refractivity contribution in [1.29, 1.82) is 0 Å². The molecule has 1 aromatic carbocycles.